The van der Waals surface area contributed by atoms with E-state index in [9.17, 15) is 10.2 Å². The standard InChI is InChI=1S/C16H18O4/c1-9-5-11(19-3)7-13(15(9)17)14-8-12(20-4)6-10(2)16(14)18/h5-8,17-18H,1-4H3. The summed E-state index contributed by atoms with van der Waals surface area (Å²) in [5.41, 5.74) is 2.39. The summed E-state index contributed by atoms with van der Waals surface area (Å²) < 4.78 is 10.4. The number of rotatable bonds is 3. The smallest absolute Gasteiger partial charge is 0.126 e. The number of phenols is 2. The number of phenolic OH excluding ortho intramolecular Hbond substituents is 2. The topological polar surface area (TPSA) is 58.9 Å². The first kappa shape index (κ1) is 14.1. The molecule has 2 N–H and O–H groups in total. The summed E-state index contributed by atoms with van der Waals surface area (Å²) in [5.74, 6) is 1.48. The van der Waals surface area contributed by atoms with Crippen molar-refractivity contribution in [2.24, 2.45) is 0 Å². The summed E-state index contributed by atoms with van der Waals surface area (Å²) in [5, 5.41) is 20.5. The van der Waals surface area contributed by atoms with Gasteiger partial charge in [-0.1, -0.05) is 0 Å². The molecule has 0 amide bonds. The van der Waals surface area contributed by atoms with Gasteiger partial charge in [-0.15, -0.1) is 0 Å². The fourth-order valence-corrected chi connectivity index (χ4v) is 2.14. The molecule has 0 heterocycles. The summed E-state index contributed by atoms with van der Waals surface area (Å²) in [7, 11) is 3.12. The van der Waals surface area contributed by atoms with E-state index in [0.29, 0.717) is 33.8 Å². The Hall–Kier alpha value is -2.36. The number of methoxy groups -OCH3 is 2. The number of hydrogen-bond donors (Lipinski definition) is 2. The van der Waals surface area contributed by atoms with Gasteiger partial charge in [-0.05, 0) is 49.2 Å². The molecule has 106 valence electrons. The third-order valence-electron chi connectivity index (χ3n) is 3.31. The molecule has 0 bridgehead atoms. The van der Waals surface area contributed by atoms with Crippen LogP contribution in [-0.4, -0.2) is 24.4 Å². The van der Waals surface area contributed by atoms with Crippen molar-refractivity contribution >= 4 is 0 Å². The molecule has 20 heavy (non-hydrogen) atoms. The zero-order valence-electron chi connectivity index (χ0n) is 12.0. The minimum absolute atomic E-state index is 0.119. The summed E-state index contributed by atoms with van der Waals surface area (Å²) in [6.45, 7) is 3.57. The van der Waals surface area contributed by atoms with Crippen molar-refractivity contribution in [3.05, 3.63) is 35.4 Å². The molecule has 2 aromatic carbocycles. The molecule has 0 aromatic heterocycles. The highest BCUT2D eigenvalue weighted by Crippen LogP contribution is 2.42. The highest BCUT2D eigenvalue weighted by atomic mass is 16.5. The number of hydrogen-bond acceptors (Lipinski definition) is 4. The largest absolute Gasteiger partial charge is 0.507 e. The first-order chi connectivity index (χ1) is 9.47. The van der Waals surface area contributed by atoms with Crippen LogP contribution in [-0.2, 0) is 0 Å². The molecule has 0 saturated heterocycles. The molecule has 0 unspecified atom stereocenters. The van der Waals surface area contributed by atoms with E-state index in [-0.39, 0.29) is 11.5 Å². The molecule has 0 aliphatic heterocycles. The Kier molecular flexibility index (Phi) is 3.74. The molecular formula is C16H18O4. The number of ether oxygens (including phenoxy) is 2. The lowest BCUT2D eigenvalue weighted by Crippen LogP contribution is -1.91. The van der Waals surface area contributed by atoms with Crippen LogP contribution in [0.25, 0.3) is 11.1 Å². The predicted molar refractivity (Wildman–Crippen MR) is 77.8 cm³/mol. The first-order valence-corrected chi connectivity index (χ1v) is 6.23. The minimum atomic E-state index is 0.119. The fourth-order valence-electron chi connectivity index (χ4n) is 2.14. The molecule has 2 rings (SSSR count). The maximum atomic E-state index is 10.2. The molecule has 4 nitrogen and oxygen atoms in total. The van der Waals surface area contributed by atoms with Crippen molar-refractivity contribution in [3.8, 4) is 34.1 Å². The molecule has 0 aliphatic carbocycles. The van der Waals surface area contributed by atoms with E-state index in [1.165, 1.54) is 0 Å². The van der Waals surface area contributed by atoms with Crippen LogP contribution in [0.15, 0.2) is 24.3 Å². The molecule has 0 spiro atoms. The maximum absolute atomic E-state index is 10.2. The molecule has 0 atom stereocenters. The van der Waals surface area contributed by atoms with E-state index in [1.54, 1.807) is 52.3 Å². The second-order valence-corrected chi connectivity index (χ2v) is 4.68. The Bertz CT molecular complexity index is 590. The minimum Gasteiger partial charge on any atom is -0.507 e. The highest BCUT2D eigenvalue weighted by Gasteiger charge is 2.16. The lowest BCUT2D eigenvalue weighted by molar-refractivity contribution is 0.410. The third kappa shape index (κ3) is 2.37. The van der Waals surface area contributed by atoms with Gasteiger partial charge >= 0.3 is 0 Å². The molecular weight excluding hydrogens is 256 g/mol. The van der Waals surface area contributed by atoms with Crippen LogP contribution in [0.2, 0.25) is 0 Å². The summed E-state index contributed by atoms with van der Waals surface area (Å²) in [4.78, 5) is 0. The number of aromatic hydroxyl groups is 2. The van der Waals surface area contributed by atoms with Gasteiger partial charge in [0.15, 0.2) is 0 Å². The lowest BCUT2D eigenvalue weighted by Gasteiger charge is -2.14. The zero-order chi connectivity index (χ0) is 14.9. The Balaban J connectivity index is 2.73. The van der Waals surface area contributed by atoms with Crippen molar-refractivity contribution in [2.45, 2.75) is 13.8 Å². The van der Waals surface area contributed by atoms with Gasteiger partial charge < -0.3 is 19.7 Å². The Morgan fingerprint density at radius 2 is 1.05 bits per heavy atom. The van der Waals surface area contributed by atoms with E-state index in [2.05, 4.69) is 0 Å². The van der Waals surface area contributed by atoms with Gasteiger partial charge in [0.25, 0.3) is 0 Å². The monoisotopic (exact) mass is 274 g/mol. The third-order valence-corrected chi connectivity index (χ3v) is 3.31. The van der Waals surface area contributed by atoms with Crippen molar-refractivity contribution in [2.75, 3.05) is 14.2 Å². The molecule has 0 saturated carbocycles. The van der Waals surface area contributed by atoms with Crippen molar-refractivity contribution < 1.29 is 19.7 Å². The maximum Gasteiger partial charge on any atom is 0.126 e. The highest BCUT2D eigenvalue weighted by molar-refractivity contribution is 5.80. The molecule has 0 aliphatic rings. The van der Waals surface area contributed by atoms with Gasteiger partial charge in [0, 0.05) is 11.1 Å². The second-order valence-electron chi connectivity index (χ2n) is 4.68. The van der Waals surface area contributed by atoms with E-state index in [0.717, 1.165) is 0 Å². The van der Waals surface area contributed by atoms with Crippen LogP contribution in [0, 0.1) is 13.8 Å². The van der Waals surface area contributed by atoms with Crippen molar-refractivity contribution in [1.29, 1.82) is 0 Å². The normalized spacial score (nSPS) is 10.4. The van der Waals surface area contributed by atoms with Crippen LogP contribution in [0.3, 0.4) is 0 Å². The molecule has 0 fully saturated rings. The fraction of sp³-hybridized carbons (Fsp3) is 0.250. The Morgan fingerprint density at radius 3 is 1.35 bits per heavy atom. The average Bonchev–Trinajstić information content (AvgIpc) is 2.44. The van der Waals surface area contributed by atoms with Gasteiger partial charge in [0.05, 0.1) is 14.2 Å². The van der Waals surface area contributed by atoms with E-state index in [4.69, 9.17) is 9.47 Å². The van der Waals surface area contributed by atoms with Gasteiger partial charge in [-0.2, -0.15) is 0 Å². The van der Waals surface area contributed by atoms with E-state index >= 15 is 0 Å². The van der Waals surface area contributed by atoms with Gasteiger partial charge in [-0.25, -0.2) is 0 Å². The van der Waals surface area contributed by atoms with Gasteiger partial charge in [0.2, 0.25) is 0 Å². The van der Waals surface area contributed by atoms with Crippen molar-refractivity contribution in [3.63, 3.8) is 0 Å². The summed E-state index contributed by atoms with van der Waals surface area (Å²) >= 11 is 0. The zero-order valence-corrected chi connectivity index (χ0v) is 12.0. The average molecular weight is 274 g/mol. The number of benzene rings is 2. The Morgan fingerprint density at radius 1 is 0.700 bits per heavy atom. The number of aryl methyl sites for hydroxylation is 2. The first-order valence-electron chi connectivity index (χ1n) is 6.23. The predicted octanol–water partition coefficient (Wildman–Crippen LogP) is 3.40. The van der Waals surface area contributed by atoms with Gasteiger partial charge in [0.1, 0.15) is 23.0 Å². The lowest BCUT2D eigenvalue weighted by atomic mass is 9.98. The molecule has 4 heteroatoms. The van der Waals surface area contributed by atoms with Crippen LogP contribution in [0.1, 0.15) is 11.1 Å². The Labute approximate surface area is 118 Å². The van der Waals surface area contributed by atoms with Gasteiger partial charge in [-0.3, -0.25) is 0 Å². The van der Waals surface area contributed by atoms with E-state index < -0.39 is 0 Å². The van der Waals surface area contributed by atoms with Crippen LogP contribution < -0.4 is 9.47 Å². The molecule has 0 radical (unpaired) electrons. The van der Waals surface area contributed by atoms with Crippen molar-refractivity contribution in [1.82, 2.24) is 0 Å². The SMILES string of the molecule is COc1cc(C)c(O)c(-c2cc(OC)cc(C)c2O)c1. The summed E-state index contributed by atoms with van der Waals surface area (Å²) in [6, 6.07) is 6.86. The second kappa shape index (κ2) is 5.33. The quantitative estimate of drug-likeness (QED) is 0.900. The van der Waals surface area contributed by atoms with E-state index in [1.807, 2.05) is 0 Å². The van der Waals surface area contributed by atoms with Crippen LogP contribution in [0.4, 0.5) is 0 Å². The van der Waals surface area contributed by atoms with Crippen LogP contribution in [0.5, 0.6) is 23.0 Å². The van der Waals surface area contributed by atoms with Crippen LogP contribution >= 0.6 is 0 Å². The molecule has 2 aromatic rings. The summed E-state index contributed by atoms with van der Waals surface area (Å²) in [6.07, 6.45) is 0.